The van der Waals surface area contributed by atoms with Crippen LogP contribution in [-0.2, 0) is 18.3 Å². The Labute approximate surface area is 115 Å². The van der Waals surface area contributed by atoms with Crippen LogP contribution in [0.25, 0.3) is 0 Å². The van der Waals surface area contributed by atoms with Crippen LogP contribution in [0.5, 0.6) is 0 Å². The maximum atomic E-state index is 6.10. The number of imidazole rings is 1. The molecule has 0 aliphatic heterocycles. The molecule has 2 N–H and O–H groups in total. The van der Waals surface area contributed by atoms with Crippen LogP contribution in [0.15, 0.2) is 12.4 Å². The predicted octanol–water partition coefficient (Wildman–Crippen LogP) is 1.14. The van der Waals surface area contributed by atoms with Crippen molar-refractivity contribution in [3.63, 3.8) is 0 Å². The fraction of sp³-hybridized carbons (Fsp3) is 0.786. The molecule has 1 fully saturated rings. The van der Waals surface area contributed by atoms with Crippen molar-refractivity contribution in [2.75, 3.05) is 20.7 Å². The normalized spacial score (nSPS) is 27.9. The van der Waals surface area contributed by atoms with Crippen molar-refractivity contribution in [2.24, 2.45) is 12.8 Å². The summed E-state index contributed by atoms with van der Waals surface area (Å²) < 4.78 is 7.62. The Bertz CT molecular complexity index is 406. The minimum absolute atomic E-state index is 0.0465. The fourth-order valence-electron chi connectivity index (χ4n) is 3.10. The van der Waals surface area contributed by atoms with Gasteiger partial charge in [-0.15, -0.1) is 0 Å². The first-order valence-electron chi connectivity index (χ1n) is 7.01. The summed E-state index contributed by atoms with van der Waals surface area (Å²) >= 11 is 0. The second kappa shape index (κ2) is 6.03. The molecule has 0 amide bonds. The molecule has 0 saturated heterocycles. The van der Waals surface area contributed by atoms with Crippen LogP contribution in [-0.4, -0.2) is 46.8 Å². The molecule has 1 saturated carbocycles. The molecule has 1 heterocycles. The first kappa shape index (κ1) is 14.5. The number of aryl methyl sites for hydroxylation is 1. The van der Waals surface area contributed by atoms with Crippen LogP contribution in [0.2, 0.25) is 0 Å². The van der Waals surface area contributed by atoms with Gasteiger partial charge in [0.1, 0.15) is 5.82 Å². The topological polar surface area (TPSA) is 56.3 Å². The lowest BCUT2D eigenvalue weighted by Gasteiger charge is -2.46. The van der Waals surface area contributed by atoms with Crippen LogP contribution in [0.3, 0.4) is 0 Å². The molecule has 5 heteroatoms. The van der Waals surface area contributed by atoms with Gasteiger partial charge in [0.05, 0.1) is 12.6 Å². The van der Waals surface area contributed by atoms with Crippen molar-refractivity contribution in [3.05, 3.63) is 18.2 Å². The van der Waals surface area contributed by atoms with E-state index in [1.807, 2.05) is 19.4 Å². The highest BCUT2D eigenvalue weighted by Gasteiger charge is 2.39. The van der Waals surface area contributed by atoms with E-state index in [0.717, 1.165) is 31.6 Å². The Kier molecular flexibility index (Phi) is 4.60. The van der Waals surface area contributed by atoms with Gasteiger partial charge in [-0.25, -0.2) is 4.98 Å². The smallest absolute Gasteiger partial charge is 0.122 e. The van der Waals surface area contributed by atoms with Gasteiger partial charge in [-0.2, -0.15) is 0 Å². The third-order valence-electron chi connectivity index (χ3n) is 4.60. The first-order chi connectivity index (χ1) is 9.11. The fourth-order valence-corrected chi connectivity index (χ4v) is 3.10. The van der Waals surface area contributed by atoms with E-state index in [4.69, 9.17) is 10.5 Å². The van der Waals surface area contributed by atoms with Gasteiger partial charge in [-0.05, 0) is 32.7 Å². The summed E-state index contributed by atoms with van der Waals surface area (Å²) in [6, 6.07) is 0. The van der Waals surface area contributed by atoms with E-state index >= 15 is 0 Å². The number of ether oxygens (including phenoxy) is 1. The van der Waals surface area contributed by atoms with E-state index in [0.29, 0.717) is 12.6 Å². The van der Waals surface area contributed by atoms with Crippen molar-refractivity contribution in [2.45, 2.75) is 43.9 Å². The lowest BCUT2D eigenvalue weighted by molar-refractivity contribution is -0.0159. The summed E-state index contributed by atoms with van der Waals surface area (Å²) in [6.07, 6.45) is 8.65. The highest BCUT2D eigenvalue weighted by Crippen LogP contribution is 2.34. The van der Waals surface area contributed by atoms with Gasteiger partial charge in [-0.1, -0.05) is 0 Å². The summed E-state index contributed by atoms with van der Waals surface area (Å²) in [7, 11) is 5.99. The van der Waals surface area contributed by atoms with Gasteiger partial charge in [0, 0.05) is 38.6 Å². The van der Waals surface area contributed by atoms with Gasteiger partial charge in [0.15, 0.2) is 0 Å². The van der Waals surface area contributed by atoms with Crippen molar-refractivity contribution < 1.29 is 4.74 Å². The zero-order chi connectivity index (χ0) is 13.9. The number of hydrogen-bond acceptors (Lipinski definition) is 4. The Morgan fingerprint density at radius 3 is 3.00 bits per heavy atom. The van der Waals surface area contributed by atoms with Crippen molar-refractivity contribution in [1.29, 1.82) is 0 Å². The van der Waals surface area contributed by atoms with Crippen molar-refractivity contribution >= 4 is 0 Å². The molecular formula is C14H26N4O. The van der Waals surface area contributed by atoms with Crippen molar-refractivity contribution in [1.82, 2.24) is 14.5 Å². The lowest BCUT2D eigenvalue weighted by atomic mass is 9.79. The molecule has 0 bridgehead atoms. The number of methoxy groups -OCH3 is 1. The lowest BCUT2D eigenvalue weighted by Crippen LogP contribution is -2.55. The zero-order valence-electron chi connectivity index (χ0n) is 12.3. The average molecular weight is 266 g/mol. The zero-order valence-corrected chi connectivity index (χ0v) is 12.3. The summed E-state index contributed by atoms with van der Waals surface area (Å²) in [6.45, 7) is 1.50. The Hall–Kier alpha value is -0.910. The van der Waals surface area contributed by atoms with Gasteiger partial charge in [0.25, 0.3) is 0 Å². The van der Waals surface area contributed by atoms with E-state index in [2.05, 4.69) is 21.5 Å². The Morgan fingerprint density at radius 1 is 1.63 bits per heavy atom. The minimum Gasteiger partial charge on any atom is -0.381 e. The SMILES string of the molecule is COC1CCCC(CN)(N(C)Cc2nccn2C)C1. The molecule has 2 atom stereocenters. The molecule has 1 aliphatic carbocycles. The molecular weight excluding hydrogens is 240 g/mol. The standard InChI is InChI=1S/C14H26N4O/c1-17-8-7-16-13(17)10-18(2)14(11-15)6-4-5-12(9-14)19-3/h7-8,12H,4-6,9-11,15H2,1-3H3. The monoisotopic (exact) mass is 266 g/mol. The Morgan fingerprint density at radius 2 is 2.42 bits per heavy atom. The molecule has 19 heavy (non-hydrogen) atoms. The minimum atomic E-state index is 0.0465. The van der Waals surface area contributed by atoms with E-state index in [1.54, 1.807) is 7.11 Å². The highest BCUT2D eigenvalue weighted by molar-refractivity contribution is 4.99. The maximum Gasteiger partial charge on any atom is 0.122 e. The second-order valence-electron chi connectivity index (χ2n) is 5.69. The first-order valence-corrected chi connectivity index (χ1v) is 7.01. The summed E-state index contributed by atoms with van der Waals surface area (Å²) in [5.41, 5.74) is 6.15. The molecule has 0 spiro atoms. The van der Waals surface area contributed by atoms with Crippen LogP contribution in [0.4, 0.5) is 0 Å². The Balaban J connectivity index is 2.09. The van der Waals surface area contributed by atoms with Gasteiger partial charge >= 0.3 is 0 Å². The molecule has 0 radical (unpaired) electrons. The third-order valence-corrected chi connectivity index (χ3v) is 4.60. The number of hydrogen-bond donors (Lipinski definition) is 1. The van der Waals surface area contributed by atoms with E-state index < -0.39 is 0 Å². The molecule has 1 aromatic heterocycles. The van der Waals surface area contributed by atoms with Gasteiger partial charge in [-0.3, -0.25) is 4.90 Å². The van der Waals surface area contributed by atoms with E-state index in [-0.39, 0.29) is 5.54 Å². The molecule has 0 aromatic carbocycles. The predicted molar refractivity (Wildman–Crippen MR) is 75.7 cm³/mol. The number of likely N-dealkylation sites (N-methyl/N-ethyl adjacent to an activating group) is 1. The summed E-state index contributed by atoms with van der Waals surface area (Å²) in [5.74, 6) is 1.08. The number of aromatic nitrogens is 2. The molecule has 1 aromatic rings. The van der Waals surface area contributed by atoms with Gasteiger partial charge < -0.3 is 15.0 Å². The van der Waals surface area contributed by atoms with Crippen LogP contribution >= 0.6 is 0 Å². The highest BCUT2D eigenvalue weighted by atomic mass is 16.5. The number of nitrogens with zero attached hydrogens (tertiary/aromatic N) is 3. The molecule has 108 valence electrons. The molecule has 5 nitrogen and oxygen atoms in total. The third kappa shape index (κ3) is 2.99. The second-order valence-corrected chi connectivity index (χ2v) is 5.69. The molecule has 2 rings (SSSR count). The molecule has 2 unspecified atom stereocenters. The number of nitrogens with two attached hydrogens (primary N) is 1. The average Bonchev–Trinajstić information content (AvgIpc) is 2.84. The maximum absolute atomic E-state index is 6.10. The summed E-state index contributed by atoms with van der Waals surface area (Å²) in [5, 5.41) is 0. The van der Waals surface area contributed by atoms with Crippen LogP contribution in [0, 0.1) is 0 Å². The van der Waals surface area contributed by atoms with E-state index in [1.165, 1.54) is 6.42 Å². The van der Waals surface area contributed by atoms with Crippen molar-refractivity contribution in [3.8, 4) is 0 Å². The largest absolute Gasteiger partial charge is 0.381 e. The van der Waals surface area contributed by atoms with Gasteiger partial charge in [0.2, 0.25) is 0 Å². The van der Waals surface area contributed by atoms with E-state index in [9.17, 15) is 0 Å². The molecule has 1 aliphatic rings. The van der Waals surface area contributed by atoms with Crippen LogP contribution < -0.4 is 5.73 Å². The summed E-state index contributed by atoms with van der Waals surface area (Å²) in [4.78, 5) is 6.77. The van der Waals surface area contributed by atoms with Crippen LogP contribution in [0.1, 0.15) is 31.5 Å². The number of rotatable bonds is 5. The quantitative estimate of drug-likeness (QED) is 0.868.